The third-order valence-corrected chi connectivity index (χ3v) is 2.53. The average molecular weight is 257 g/mol. The Kier molecular flexibility index (Phi) is 5.18. The lowest BCUT2D eigenvalue weighted by Gasteiger charge is -2.29. The van der Waals surface area contributed by atoms with E-state index in [1.165, 1.54) is 6.92 Å². The number of pyridine rings is 1. The van der Waals surface area contributed by atoms with Gasteiger partial charge in [-0.25, -0.2) is 4.98 Å². The first kappa shape index (κ1) is 13.7. The SMILES string of the molecule is CC(=O)Nc1ccc(N2CCNCC2)cn1.Cl. The molecule has 6 heteroatoms. The van der Waals surface area contributed by atoms with E-state index in [1.807, 2.05) is 12.1 Å². The Balaban J connectivity index is 0.00000144. The summed E-state index contributed by atoms with van der Waals surface area (Å²) in [5, 5.41) is 5.96. The van der Waals surface area contributed by atoms with Crippen molar-refractivity contribution in [2.45, 2.75) is 6.92 Å². The molecule has 1 aliphatic rings. The Bertz CT molecular complexity index is 362. The van der Waals surface area contributed by atoms with Crippen molar-refractivity contribution >= 4 is 29.8 Å². The second-order valence-corrected chi connectivity index (χ2v) is 3.82. The first-order valence-corrected chi connectivity index (χ1v) is 5.45. The Morgan fingerprint density at radius 3 is 2.65 bits per heavy atom. The summed E-state index contributed by atoms with van der Waals surface area (Å²) in [6.45, 7) is 5.50. The highest BCUT2D eigenvalue weighted by atomic mass is 35.5. The minimum atomic E-state index is -0.0950. The highest BCUT2D eigenvalue weighted by Gasteiger charge is 2.10. The van der Waals surface area contributed by atoms with Gasteiger partial charge in [0.1, 0.15) is 5.82 Å². The number of anilines is 2. The summed E-state index contributed by atoms with van der Waals surface area (Å²) in [4.78, 5) is 17.3. The first-order valence-electron chi connectivity index (χ1n) is 5.45. The number of rotatable bonds is 2. The molecule has 1 saturated heterocycles. The number of hydrogen-bond acceptors (Lipinski definition) is 4. The van der Waals surface area contributed by atoms with E-state index in [-0.39, 0.29) is 18.3 Å². The van der Waals surface area contributed by atoms with Crippen molar-refractivity contribution in [3.8, 4) is 0 Å². The molecule has 0 atom stereocenters. The van der Waals surface area contributed by atoms with Crippen molar-refractivity contribution in [2.75, 3.05) is 36.4 Å². The van der Waals surface area contributed by atoms with Crippen LogP contribution in [0.1, 0.15) is 6.92 Å². The van der Waals surface area contributed by atoms with Crippen LogP contribution in [-0.4, -0.2) is 37.1 Å². The van der Waals surface area contributed by atoms with Crippen molar-refractivity contribution in [2.24, 2.45) is 0 Å². The molecule has 17 heavy (non-hydrogen) atoms. The average Bonchev–Trinajstić information content (AvgIpc) is 2.30. The summed E-state index contributed by atoms with van der Waals surface area (Å²) < 4.78 is 0. The third kappa shape index (κ3) is 3.87. The van der Waals surface area contributed by atoms with Crippen molar-refractivity contribution in [1.82, 2.24) is 10.3 Å². The fraction of sp³-hybridized carbons (Fsp3) is 0.455. The number of amides is 1. The molecule has 1 fully saturated rings. The van der Waals surface area contributed by atoms with Gasteiger partial charge in [0, 0.05) is 33.1 Å². The number of aromatic nitrogens is 1. The van der Waals surface area contributed by atoms with Gasteiger partial charge in [-0.05, 0) is 12.1 Å². The molecular weight excluding hydrogens is 240 g/mol. The molecule has 0 unspecified atom stereocenters. The molecule has 2 heterocycles. The Hall–Kier alpha value is -1.33. The Labute approximate surface area is 107 Å². The quantitative estimate of drug-likeness (QED) is 0.825. The van der Waals surface area contributed by atoms with Gasteiger partial charge in [-0.15, -0.1) is 12.4 Å². The number of nitrogens with zero attached hydrogens (tertiary/aromatic N) is 2. The van der Waals surface area contributed by atoms with Crippen molar-refractivity contribution in [3.05, 3.63) is 18.3 Å². The molecule has 1 amide bonds. The molecule has 1 aromatic heterocycles. The summed E-state index contributed by atoms with van der Waals surface area (Å²) in [7, 11) is 0. The van der Waals surface area contributed by atoms with Gasteiger partial charge in [0.25, 0.3) is 0 Å². The zero-order valence-corrected chi connectivity index (χ0v) is 10.6. The van der Waals surface area contributed by atoms with Crippen LogP contribution in [0.15, 0.2) is 18.3 Å². The second kappa shape index (κ2) is 6.42. The predicted octanol–water partition coefficient (Wildman–Crippen LogP) is 0.871. The summed E-state index contributed by atoms with van der Waals surface area (Å²) in [5.74, 6) is 0.508. The fourth-order valence-corrected chi connectivity index (χ4v) is 1.75. The molecule has 2 N–H and O–H groups in total. The van der Waals surface area contributed by atoms with Crippen molar-refractivity contribution < 1.29 is 4.79 Å². The second-order valence-electron chi connectivity index (χ2n) is 3.82. The van der Waals surface area contributed by atoms with Crippen LogP contribution in [0, 0.1) is 0 Å². The van der Waals surface area contributed by atoms with Crippen molar-refractivity contribution in [3.63, 3.8) is 0 Å². The maximum atomic E-state index is 10.8. The van der Waals surface area contributed by atoms with E-state index in [1.54, 1.807) is 6.20 Å². The maximum absolute atomic E-state index is 10.8. The molecule has 0 radical (unpaired) electrons. The molecule has 1 aliphatic heterocycles. The maximum Gasteiger partial charge on any atom is 0.222 e. The highest BCUT2D eigenvalue weighted by Crippen LogP contribution is 2.15. The van der Waals surface area contributed by atoms with E-state index in [9.17, 15) is 4.79 Å². The summed E-state index contributed by atoms with van der Waals surface area (Å²) in [6.07, 6.45) is 1.80. The Morgan fingerprint density at radius 1 is 1.41 bits per heavy atom. The molecule has 0 spiro atoms. The molecule has 94 valence electrons. The van der Waals surface area contributed by atoms with E-state index in [0.717, 1.165) is 31.9 Å². The van der Waals surface area contributed by atoms with E-state index in [2.05, 4.69) is 20.5 Å². The van der Waals surface area contributed by atoms with E-state index in [4.69, 9.17) is 0 Å². The van der Waals surface area contributed by atoms with Crippen LogP contribution in [0.2, 0.25) is 0 Å². The zero-order chi connectivity index (χ0) is 11.4. The van der Waals surface area contributed by atoms with Gasteiger partial charge < -0.3 is 15.5 Å². The summed E-state index contributed by atoms with van der Waals surface area (Å²) in [6, 6.07) is 3.82. The number of hydrogen-bond donors (Lipinski definition) is 2. The fourth-order valence-electron chi connectivity index (χ4n) is 1.75. The predicted molar refractivity (Wildman–Crippen MR) is 70.9 cm³/mol. The minimum absolute atomic E-state index is 0. The molecule has 0 aromatic carbocycles. The van der Waals surface area contributed by atoms with Gasteiger partial charge in [-0.1, -0.05) is 0 Å². The minimum Gasteiger partial charge on any atom is -0.368 e. The van der Waals surface area contributed by atoms with E-state index >= 15 is 0 Å². The van der Waals surface area contributed by atoms with Crippen LogP contribution in [-0.2, 0) is 4.79 Å². The zero-order valence-electron chi connectivity index (χ0n) is 9.77. The normalized spacial score (nSPS) is 15.0. The van der Waals surface area contributed by atoms with Gasteiger partial charge in [-0.3, -0.25) is 4.79 Å². The lowest BCUT2D eigenvalue weighted by Crippen LogP contribution is -2.43. The van der Waals surface area contributed by atoms with Gasteiger partial charge >= 0.3 is 0 Å². The summed E-state index contributed by atoms with van der Waals surface area (Å²) in [5.41, 5.74) is 1.11. The van der Waals surface area contributed by atoms with Gasteiger partial charge in [-0.2, -0.15) is 0 Å². The number of carbonyl (C=O) groups excluding carboxylic acids is 1. The molecule has 1 aromatic rings. The van der Waals surface area contributed by atoms with Crippen LogP contribution in [0.4, 0.5) is 11.5 Å². The van der Waals surface area contributed by atoms with E-state index in [0.29, 0.717) is 5.82 Å². The smallest absolute Gasteiger partial charge is 0.222 e. The summed E-state index contributed by atoms with van der Waals surface area (Å²) >= 11 is 0. The van der Waals surface area contributed by atoms with Gasteiger partial charge in [0.05, 0.1) is 11.9 Å². The molecule has 2 rings (SSSR count). The van der Waals surface area contributed by atoms with Gasteiger partial charge in [0.15, 0.2) is 0 Å². The van der Waals surface area contributed by atoms with Crippen LogP contribution < -0.4 is 15.5 Å². The third-order valence-electron chi connectivity index (χ3n) is 2.53. The van der Waals surface area contributed by atoms with E-state index < -0.39 is 0 Å². The molecule has 0 bridgehead atoms. The molecular formula is C11H17ClN4O. The topological polar surface area (TPSA) is 57.3 Å². The molecule has 5 nitrogen and oxygen atoms in total. The van der Waals surface area contributed by atoms with Crippen LogP contribution in [0.5, 0.6) is 0 Å². The number of nitrogens with one attached hydrogen (secondary N) is 2. The number of halogens is 1. The van der Waals surface area contributed by atoms with Gasteiger partial charge in [0.2, 0.25) is 5.91 Å². The lowest BCUT2D eigenvalue weighted by molar-refractivity contribution is -0.114. The highest BCUT2D eigenvalue weighted by molar-refractivity contribution is 5.87. The largest absolute Gasteiger partial charge is 0.368 e. The number of carbonyl (C=O) groups is 1. The number of piperazine rings is 1. The standard InChI is InChI=1S/C11H16N4O.ClH/c1-9(16)14-11-3-2-10(8-13-11)15-6-4-12-5-7-15;/h2-3,8,12H,4-7H2,1H3,(H,13,14,16);1H. The van der Waals surface area contributed by atoms with Crippen LogP contribution in [0.25, 0.3) is 0 Å². The van der Waals surface area contributed by atoms with Crippen LogP contribution >= 0.6 is 12.4 Å². The molecule has 0 aliphatic carbocycles. The van der Waals surface area contributed by atoms with Crippen LogP contribution in [0.3, 0.4) is 0 Å². The van der Waals surface area contributed by atoms with Crippen molar-refractivity contribution in [1.29, 1.82) is 0 Å². The monoisotopic (exact) mass is 256 g/mol. The lowest BCUT2D eigenvalue weighted by atomic mass is 10.3. The Morgan fingerprint density at radius 2 is 2.12 bits per heavy atom. The first-order chi connectivity index (χ1) is 7.75. The molecule has 0 saturated carbocycles.